The predicted octanol–water partition coefficient (Wildman–Crippen LogP) is 0.953. The molecule has 0 bridgehead atoms. The van der Waals surface area contributed by atoms with Gasteiger partial charge in [-0.1, -0.05) is 13.8 Å². The van der Waals surface area contributed by atoms with Gasteiger partial charge in [-0.05, 0) is 18.6 Å². The summed E-state index contributed by atoms with van der Waals surface area (Å²) in [6.45, 7) is 4.01. The Morgan fingerprint density at radius 1 is 1.33 bits per heavy atom. The number of nitrogens with two attached hydrogens (primary N) is 1. The SMILES string of the molecule is CC1(C)C(N)CC1NC(=O)c1cc(O)cc(O)c1. The highest BCUT2D eigenvalue weighted by Gasteiger charge is 2.46. The quantitative estimate of drug-likeness (QED) is 0.628. The molecule has 2 atom stereocenters. The lowest BCUT2D eigenvalue weighted by Gasteiger charge is -2.50. The van der Waals surface area contributed by atoms with Gasteiger partial charge in [0.25, 0.3) is 5.91 Å². The van der Waals surface area contributed by atoms with Crippen molar-refractivity contribution in [2.75, 3.05) is 0 Å². The molecule has 18 heavy (non-hydrogen) atoms. The van der Waals surface area contributed by atoms with Crippen molar-refractivity contribution in [3.63, 3.8) is 0 Å². The van der Waals surface area contributed by atoms with Gasteiger partial charge in [0, 0.05) is 29.1 Å². The molecule has 1 aromatic carbocycles. The van der Waals surface area contributed by atoms with Crippen LogP contribution in [0, 0.1) is 5.41 Å². The van der Waals surface area contributed by atoms with Gasteiger partial charge >= 0.3 is 0 Å². The van der Waals surface area contributed by atoms with Gasteiger partial charge in [0.15, 0.2) is 0 Å². The Hall–Kier alpha value is -1.75. The summed E-state index contributed by atoms with van der Waals surface area (Å²) in [6, 6.07) is 3.92. The fraction of sp³-hybridized carbons (Fsp3) is 0.462. The Balaban J connectivity index is 2.09. The lowest BCUT2D eigenvalue weighted by Crippen LogP contribution is -2.64. The standard InChI is InChI=1S/C13H18N2O3/c1-13(2)10(14)6-11(13)15-12(18)7-3-8(16)5-9(17)4-7/h3-5,10-11,16-17H,6,14H2,1-2H3,(H,15,18). The van der Waals surface area contributed by atoms with E-state index in [2.05, 4.69) is 5.32 Å². The summed E-state index contributed by atoms with van der Waals surface area (Å²) in [7, 11) is 0. The van der Waals surface area contributed by atoms with Gasteiger partial charge in [-0.3, -0.25) is 4.79 Å². The van der Waals surface area contributed by atoms with Crippen LogP contribution in [0.2, 0.25) is 0 Å². The van der Waals surface area contributed by atoms with Crippen molar-refractivity contribution in [1.29, 1.82) is 0 Å². The maximum Gasteiger partial charge on any atom is 0.251 e. The topological polar surface area (TPSA) is 95.6 Å². The molecule has 0 aliphatic heterocycles. The van der Waals surface area contributed by atoms with Crippen molar-refractivity contribution < 1.29 is 15.0 Å². The zero-order chi connectivity index (χ0) is 13.5. The molecule has 0 saturated heterocycles. The maximum absolute atomic E-state index is 12.0. The van der Waals surface area contributed by atoms with E-state index >= 15 is 0 Å². The van der Waals surface area contributed by atoms with Crippen molar-refractivity contribution >= 4 is 5.91 Å². The molecule has 5 N–H and O–H groups in total. The molecule has 1 aliphatic rings. The van der Waals surface area contributed by atoms with Gasteiger partial charge in [-0.15, -0.1) is 0 Å². The van der Waals surface area contributed by atoms with Crippen LogP contribution in [-0.4, -0.2) is 28.2 Å². The third-order valence-corrected chi connectivity index (χ3v) is 3.81. The molecule has 1 aromatic rings. The smallest absolute Gasteiger partial charge is 0.251 e. The summed E-state index contributed by atoms with van der Waals surface area (Å²) < 4.78 is 0. The number of carbonyl (C=O) groups is 1. The number of phenolic OH excluding ortho intramolecular Hbond substituents is 2. The molecule has 1 saturated carbocycles. The molecule has 1 fully saturated rings. The molecule has 1 aliphatic carbocycles. The summed E-state index contributed by atoms with van der Waals surface area (Å²) in [5.41, 5.74) is 5.99. The van der Waals surface area contributed by atoms with Gasteiger partial charge in [-0.2, -0.15) is 0 Å². The van der Waals surface area contributed by atoms with Crippen LogP contribution in [-0.2, 0) is 0 Å². The minimum absolute atomic E-state index is 0.0180. The number of hydrogen-bond acceptors (Lipinski definition) is 4. The molecular formula is C13H18N2O3. The lowest BCUT2D eigenvalue weighted by atomic mass is 9.63. The summed E-state index contributed by atoms with van der Waals surface area (Å²) in [5.74, 6) is -0.583. The molecule has 0 aromatic heterocycles. The minimum Gasteiger partial charge on any atom is -0.508 e. The zero-order valence-corrected chi connectivity index (χ0v) is 10.5. The normalized spacial score (nSPS) is 25.3. The largest absolute Gasteiger partial charge is 0.508 e. The molecule has 0 spiro atoms. The van der Waals surface area contributed by atoms with E-state index in [9.17, 15) is 15.0 Å². The summed E-state index contributed by atoms with van der Waals surface area (Å²) in [6.07, 6.45) is 0.740. The molecule has 98 valence electrons. The van der Waals surface area contributed by atoms with E-state index in [0.29, 0.717) is 0 Å². The Morgan fingerprint density at radius 3 is 2.33 bits per heavy atom. The molecule has 0 radical (unpaired) electrons. The number of phenols is 2. The number of amides is 1. The third kappa shape index (κ3) is 2.13. The fourth-order valence-corrected chi connectivity index (χ4v) is 2.17. The minimum atomic E-state index is -0.314. The number of hydrogen-bond donors (Lipinski definition) is 4. The predicted molar refractivity (Wildman–Crippen MR) is 67.4 cm³/mol. The van der Waals surface area contributed by atoms with E-state index in [1.807, 2.05) is 13.8 Å². The molecule has 5 heteroatoms. The van der Waals surface area contributed by atoms with Gasteiger partial charge in [-0.25, -0.2) is 0 Å². The van der Waals surface area contributed by atoms with Crippen LogP contribution in [0.25, 0.3) is 0 Å². The highest BCUT2D eigenvalue weighted by molar-refractivity contribution is 5.95. The Kier molecular flexibility index (Phi) is 2.94. The average Bonchev–Trinajstić information content (AvgIpc) is 2.27. The first-order chi connectivity index (χ1) is 8.30. The van der Waals surface area contributed by atoms with Crippen LogP contribution in [0.5, 0.6) is 11.5 Å². The average molecular weight is 250 g/mol. The molecule has 2 unspecified atom stereocenters. The third-order valence-electron chi connectivity index (χ3n) is 3.81. The van der Waals surface area contributed by atoms with Gasteiger partial charge in [0.2, 0.25) is 0 Å². The highest BCUT2D eigenvalue weighted by atomic mass is 16.3. The number of rotatable bonds is 2. The van der Waals surface area contributed by atoms with Crippen molar-refractivity contribution in [2.45, 2.75) is 32.4 Å². The van der Waals surface area contributed by atoms with Crippen LogP contribution in [0.4, 0.5) is 0 Å². The Bertz CT molecular complexity index is 465. The first-order valence-corrected chi connectivity index (χ1v) is 5.90. The van der Waals surface area contributed by atoms with E-state index < -0.39 is 0 Å². The van der Waals surface area contributed by atoms with Crippen LogP contribution in [0.1, 0.15) is 30.6 Å². The second-order valence-electron chi connectivity index (χ2n) is 5.43. The second-order valence-corrected chi connectivity index (χ2v) is 5.43. The molecule has 5 nitrogen and oxygen atoms in total. The van der Waals surface area contributed by atoms with Crippen LogP contribution in [0.3, 0.4) is 0 Å². The monoisotopic (exact) mass is 250 g/mol. The van der Waals surface area contributed by atoms with E-state index in [1.165, 1.54) is 18.2 Å². The van der Waals surface area contributed by atoms with Crippen molar-refractivity contribution in [1.82, 2.24) is 5.32 Å². The first kappa shape index (κ1) is 12.7. The first-order valence-electron chi connectivity index (χ1n) is 5.90. The van der Waals surface area contributed by atoms with E-state index in [0.717, 1.165) is 6.42 Å². The van der Waals surface area contributed by atoms with Crippen LogP contribution in [0.15, 0.2) is 18.2 Å². The molecular weight excluding hydrogens is 232 g/mol. The number of benzene rings is 1. The highest BCUT2D eigenvalue weighted by Crippen LogP contribution is 2.39. The molecule has 1 amide bonds. The lowest BCUT2D eigenvalue weighted by molar-refractivity contribution is 0.0586. The van der Waals surface area contributed by atoms with Crippen LogP contribution >= 0.6 is 0 Å². The Morgan fingerprint density at radius 2 is 1.89 bits per heavy atom. The van der Waals surface area contributed by atoms with E-state index in [4.69, 9.17) is 5.73 Å². The maximum atomic E-state index is 12.0. The summed E-state index contributed by atoms with van der Waals surface area (Å²) in [5, 5.41) is 21.5. The van der Waals surface area contributed by atoms with Crippen molar-refractivity contribution in [3.05, 3.63) is 23.8 Å². The van der Waals surface area contributed by atoms with Gasteiger partial charge in [0.1, 0.15) is 11.5 Å². The fourth-order valence-electron chi connectivity index (χ4n) is 2.17. The van der Waals surface area contributed by atoms with E-state index in [-0.39, 0.29) is 40.5 Å². The summed E-state index contributed by atoms with van der Waals surface area (Å²) in [4.78, 5) is 12.0. The van der Waals surface area contributed by atoms with Crippen molar-refractivity contribution in [2.24, 2.45) is 11.1 Å². The van der Waals surface area contributed by atoms with E-state index in [1.54, 1.807) is 0 Å². The summed E-state index contributed by atoms with van der Waals surface area (Å²) >= 11 is 0. The second kappa shape index (κ2) is 4.17. The van der Waals surface area contributed by atoms with Gasteiger partial charge < -0.3 is 21.3 Å². The molecule has 0 heterocycles. The zero-order valence-electron chi connectivity index (χ0n) is 10.5. The number of carbonyl (C=O) groups excluding carboxylic acids is 1. The van der Waals surface area contributed by atoms with Crippen molar-refractivity contribution in [3.8, 4) is 11.5 Å². The van der Waals surface area contributed by atoms with Crippen LogP contribution < -0.4 is 11.1 Å². The Labute approximate surface area is 106 Å². The van der Waals surface area contributed by atoms with Gasteiger partial charge in [0.05, 0.1) is 0 Å². The number of nitrogens with one attached hydrogen (secondary N) is 1. The molecule has 2 rings (SSSR count). The number of aromatic hydroxyl groups is 2.